The van der Waals surface area contributed by atoms with Gasteiger partial charge in [0.15, 0.2) is 17.9 Å². The molecule has 0 radical (unpaired) electrons. The zero-order chi connectivity index (χ0) is 16.2. The minimum atomic E-state index is -0.685. The standard InChI is InChI=1S/C17H23NO5/c1-16(2)20-12-11(9-10-7-5-6-8-18-10)19-15-14(13(12)21-16)22-17(3,4)23-15/h5-8,11-15H,9H2,1-4H3/t11?,12-,13+,14?,15+/m0/s1. The van der Waals surface area contributed by atoms with Gasteiger partial charge in [0.2, 0.25) is 0 Å². The molecule has 3 fully saturated rings. The van der Waals surface area contributed by atoms with Crippen LogP contribution in [0.15, 0.2) is 24.4 Å². The van der Waals surface area contributed by atoms with E-state index >= 15 is 0 Å². The molecule has 0 amide bonds. The van der Waals surface area contributed by atoms with Crippen molar-refractivity contribution in [3.05, 3.63) is 30.1 Å². The minimum Gasteiger partial charge on any atom is -0.343 e. The SMILES string of the molecule is CC1(C)OC2[C@H](OC(Cc3ccccn3)[C@@H]3OC(C)(C)O[C@@H]23)O1. The van der Waals surface area contributed by atoms with Crippen molar-refractivity contribution in [1.82, 2.24) is 4.98 Å². The minimum absolute atomic E-state index is 0.185. The van der Waals surface area contributed by atoms with Gasteiger partial charge in [-0.2, -0.15) is 0 Å². The van der Waals surface area contributed by atoms with E-state index in [4.69, 9.17) is 23.7 Å². The molecule has 1 aromatic heterocycles. The molecule has 3 saturated heterocycles. The Kier molecular flexibility index (Phi) is 3.52. The highest BCUT2D eigenvalue weighted by molar-refractivity contribution is 5.08. The van der Waals surface area contributed by atoms with Crippen LogP contribution in [0, 0.1) is 0 Å². The van der Waals surface area contributed by atoms with Crippen LogP contribution in [0.25, 0.3) is 0 Å². The Balaban J connectivity index is 1.60. The summed E-state index contributed by atoms with van der Waals surface area (Å²) in [7, 11) is 0. The predicted octanol–water partition coefficient (Wildman–Crippen LogP) is 2.02. The average Bonchev–Trinajstić information content (AvgIpc) is 2.95. The summed E-state index contributed by atoms with van der Waals surface area (Å²) in [5.41, 5.74) is 0.959. The fourth-order valence-electron chi connectivity index (χ4n) is 3.58. The van der Waals surface area contributed by atoms with Crippen molar-refractivity contribution in [2.75, 3.05) is 0 Å². The number of fused-ring (bicyclic) bond motifs is 3. The number of hydrogen-bond donors (Lipinski definition) is 0. The second-order valence-electron chi connectivity index (χ2n) is 7.23. The normalized spacial score (nSPS) is 40.6. The molecule has 6 heteroatoms. The molecule has 2 unspecified atom stereocenters. The van der Waals surface area contributed by atoms with Crippen LogP contribution in [0.1, 0.15) is 33.4 Å². The van der Waals surface area contributed by atoms with Gasteiger partial charge in [-0.1, -0.05) is 6.07 Å². The Bertz CT molecular complexity index is 576. The third-order valence-electron chi connectivity index (χ3n) is 4.39. The van der Waals surface area contributed by atoms with Crippen LogP contribution in [0.3, 0.4) is 0 Å². The molecule has 23 heavy (non-hydrogen) atoms. The highest BCUT2D eigenvalue weighted by Gasteiger charge is 2.60. The lowest BCUT2D eigenvalue weighted by molar-refractivity contribution is -0.233. The van der Waals surface area contributed by atoms with E-state index in [0.29, 0.717) is 6.42 Å². The molecule has 4 heterocycles. The van der Waals surface area contributed by atoms with E-state index in [-0.39, 0.29) is 24.4 Å². The Morgan fingerprint density at radius 3 is 2.35 bits per heavy atom. The first-order valence-corrected chi connectivity index (χ1v) is 8.10. The summed E-state index contributed by atoms with van der Waals surface area (Å²) in [6.07, 6.45) is 1.11. The van der Waals surface area contributed by atoms with Crippen LogP contribution in [0.5, 0.6) is 0 Å². The number of nitrogens with zero attached hydrogens (tertiary/aromatic N) is 1. The second kappa shape index (κ2) is 5.22. The van der Waals surface area contributed by atoms with Gasteiger partial charge >= 0.3 is 0 Å². The molecule has 0 saturated carbocycles. The first kappa shape index (κ1) is 15.5. The van der Waals surface area contributed by atoms with Crippen molar-refractivity contribution in [2.45, 2.75) is 76.4 Å². The maximum atomic E-state index is 6.16. The summed E-state index contributed by atoms with van der Waals surface area (Å²) in [5, 5.41) is 0. The summed E-state index contributed by atoms with van der Waals surface area (Å²) < 4.78 is 30.3. The third-order valence-corrected chi connectivity index (χ3v) is 4.39. The van der Waals surface area contributed by atoms with Crippen LogP contribution in [0.2, 0.25) is 0 Å². The summed E-state index contributed by atoms with van der Waals surface area (Å²) in [5.74, 6) is -1.35. The van der Waals surface area contributed by atoms with Gasteiger partial charge in [-0.3, -0.25) is 4.98 Å². The Morgan fingerprint density at radius 2 is 1.61 bits per heavy atom. The van der Waals surface area contributed by atoms with Crippen molar-refractivity contribution in [2.24, 2.45) is 0 Å². The van der Waals surface area contributed by atoms with Crippen LogP contribution in [-0.4, -0.2) is 47.3 Å². The van der Waals surface area contributed by atoms with Gasteiger partial charge < -0.3 is 23.7 Å². The lowest BCUT2D eigenvalue weighted by Crippen LogP contribution is -2.55. The monoisotopic (exact) mass is 321 g/mol. The molecule has 0 spiro atoms. The van der Waals surface area contributed by atoms with Gasteiger partial charge in [0.25, 0.3) is 0 Å². The van der Waals surface area contributed by atoms with Gasteiger partial charge in [0.1, 0.15) is 18.3 Å². The molecule has 3 aliphatic rings. The van der Waals surface area contributed by atoms with Gasteiger partial charge in [0.05, 0.1) is 6.10 Å². The smallest absolute Gasteiger partial charge is 0.190 e. The topological polar surface area (TPSA) is 59.0 Å². The van der Waals surface area contributed by atoms with Gasteiger partial charge in [-0.15, -0.1) is 0 Å². The van der Waals surface area contributed by atoms with Crippen molar-refractivity contribution in [1.29, 1.82) is 0 Å². The van der Waals surface area contributed by atoms with Crippen molar-refractivity contribution >= 4 is 0 Å². The van der Waals surface area contributed by atoms with E-state index in [1.165, 1.54) is 0 Å². The molecule has 0 N–H and O–H groups in total. The molecule has 0 bridgehead atoms. The molecule has 126 valence electrons. The molecular formula is C17H23NO5. The molecule has 0 aliphatic carbocycles. The maximum absolute atomic E-state index is 6.16. The lowest BCUT2D eigenvalue weighted by Gasteiger charge is -2.37. The van der Waals surface area contributed by atoms with Crippen LogP contribution < -0.4 is 0 Å². The fraction of sp³-hybridized carbons (Fsp3) is 0.706. The van der Waals surface area contributed by atoms with Gasteiger partial charge in [-0.05, 0) is 39.8 Å². The molecule has 1 aromatic rings. The zero-order valence-electron chi connectivity index (χ0n) is 13.9. The largest absolute Gasteiger partial charge is 0.343 e. The summed E-state index contributed by atoms with van der Waals surface area (Å²) >= 11 is 0. The van der Waals surface area contributed by atoms with Crippen LogP contribution in [0.4, 0.5) is 0 Å². The average molecular weight is 321 g/mol. The van der Waals surface area contributed by atoms with Gasteiger partial charge in [0, 0.05) is 18.3 Å². The van der Waals surface area contributed by atoms with Crippen LogP contribution in [-0.2, 0) is 30.1 Å². The lowest BCUT2D eigenvalue weighted by atomic mass is 9.96. The van der Waals surface area contributed by atoms with E-state index in [2.05, 4.69) is 4.98 Å². The van der Waals surface area contributed by atoms with E-state index < -0.39 is 17.9 Å². The van der Waals surface area contributed by atoms with Gasteiger partial charge in [-0.25, -0.2) is 0 Å². The quantitative estimate of drug-likeness (QED) is 0.830. The third kappa shape index (κ3) is 2.90. The van der Waals surface area contributed by atoms with Crippen molar-refractivity contribution < 1.29 is 23.7 Å². The number of aromatic nitrogens is 1. The first-order chi connectivity index (χ1) is 10.8. The molecule has 0 aromatic carbocycles. The Labute approximate surface area is 136 Å². The molecule has 3 aliphatic heterocycles. The number of pyridine rings is 1. The summed E-state index contributed by atoms with van der Waals surface area (Å²) in [6.45, 7) is 7.61. The van der Waals surface area contributed by atoms with Crippen molar-refractivity contribution in [3.8, 4) is 0 Å². The van der Waals surface area contributed by atoms with E-state index in [1.807, 2.05) is 45.9 Å². The Morgan fingerprint density at radius 1 is 0.913 bits per heavy atom. The van der Waals surface area contributed by atoms with E-state index in [0.717, 1.165) is 5.69 Å². The fourth-order valence-corrected chi connectivity index (χ4v) is 3.58. The van der Waals surface area contributed by atoms with Crippen LogP contribution >= 0.6 is 0 Å². The highest BCUT2D eigenvalue weighted by atomic mass is 16.9. The van der Waals surface area contributed by atoms with E-state index in [9.17, 15) is 0 Å². The molecular weight excluding hydrogens is 298 g/mol. The number of hydrogen-bond acceptors (Lipinski definition) is 6. The molecule has 4 rings (SSSR count). The van der Waals surface area contributed by atoms with E-state index in [1.54, 1.807) is 6.20 Å². The number of rotatable bonds is 2. The summed E-state index contributed by atoms with van der Waals surface area (Å²) in [6, 6.07) is 5.86. The maximum Gasteiger partial charge on any atom is 0.190 e. The highest BCUT2D eigenvalue weighted by Crippen LogP contribution is 2.44. The van der Waals surface area contributed by atoms with Crippen molar-refractivity contribution in [3.63, 3.8) is 0 Å². The second-order valence-corrected chi connectivity index (χ2v) is 7.23. The molecule has 5 atom stereocenters. The first-order valence-electron chi connectivity index (χ1n) is 8.10. The molecule has 6 nitrogen and oxygen atoms in total. The number of ether oxygens (including phenoxy) is 5. The zero-order valence-corrected chi connectivity index (χ0v) is 13.9. The summed E-state index contributed by atoms with van der Waals surface area (Å²) in [4.78, 5) is 4.39. The predicted molar refractivity (Wildman–Crippen MR) is 80.5 cm³/mol. The Hall–Kier alpha value is -1.05.